The molecule has 2 aliphatic rings. The Bertz CT molecular complexity index is 1120. The molecule has 0 bridgehead atoms. The third-order valence-electron chi connectivity index (χ3n) is 6.56. The summed E-state index contributed by atoms with van der Waals surface area (Å²) in [4.78, 5) is 31.7. The van der Waals surface area contributed by atoms with Crippen LogP contribution in [-0.4, -0.2) is 43.2 Å². The van der Waals surface area contributed by atoms with E-state index in [0.29, 0.717) is 19.0 Å². The van der Waals surface area contributed by atoms with Gasteiger partial charge in [0.15, 0.2) is 0 Å². The predicted molar refractivity (Wildman–Crippen MR) is 115 cm³/mol. The first-order valence-corrected chi connectivity index (χ1v) is 11.1. The number of likely N-dealkylation sites (tertiary alicyclic amines) is 1. The van der Waals surface area contributed by atoms with Crippen molar-refractivity contribution in [1.29, 1.82) is 0 Å². The number of benzene rings is 1. The van der Waals surface area contributed by atoms with Gasteiger partial charge in [0, 0.05) is 37.7 Å². The van der Waals surface area contributed by atoms with Crippen LogP contribution in [0.1, 0.15) is 66.9 Å². The lowest BCUT2D eigenvalue weighted by atomic mass is 9.95. The van der Waals surface area contributed by atoms with E-state index < -0.39 is 0 Å². The number of piperidine rings is 1. The Morgan fingerprint density at radius 2 is 1.77 bits per heavy atom. The molecule has 1 aromatic carbocycles. The Hall–Kier alpha value is -3.16. The molecule has 0 atom stereocenters. The van der Waals surface area contributed by atoms with Crippen LogP contribution < -0.4 is 5.69 Å². The summed E-state index contributed by atoms with van der Waals surface area (Å²) in [6.07, 6.45) is 7.51. The third-order valence-corrected chi connectivity index (χ3v) is 6.56. The van der Waals surface area contributed by atoms with Crippen molar-refractivity contribution < 1.29 is 9.21 Å². The molecule has 0 N–H and O–H groups in total. The monoisotopic (exact) mass is 421 g/mol. The highest BCUT2D eigenvalue weighted by atomic mass is 16.4. The van der Waals surface area contributed by atoms with Gasteiger partial charge in [0.25, 0.3) is 5.91 Å². The first-order chi connectivity index (χ1) is 15.1. The average Bonchev–Trinajstić information content (AvgIpc) is 3.56. The molecule has 3 aromatic rings. The summed E-state index contributed by atoms with van der Waals surface area (Å²) in [5, 5.41) is 4.58. The van der Waals surface area contributed by atoms with Crippen LogP contribution in [0, 0.1) is 0 Å². The fraction of sp³-hybridized carbons (Fsp3) is 0.478. The van der Waals surface area contributed by atoms with E-state index in [1.807, 2.05) is 39.8 Å². The Morgan fingerprint density at radius 3 is 2.48 bits per heavy atom. The van der Waals surface area contributed by atoms with Crippen molar-refractivity contribution in [2.24, 2.45) is 7.05 Å². The molecular formula is C23H27N5O3. The van der Waals surface area contributed by atoms with Crippen LogP contribution in [0.4, 0.5) is 0 Å². The van der Waals surface area contributed by atoms with Gasteiger partial charge in [-0.3, -0.25) is 9.36 Å². The van der Waals surface area contributed by atoms with Crippen molar-refractivity contribution in [2.45, 2.75) is 50.5 Å². The molecule has 8 nitrogen and oxygen atoms in total. The van der Waals surface area contributed by atoms with E-state index in [2.05, 4.69) is 10.1 Å². The molecule has 1 amide bonds. The average molecular weight is 422 g/mol. The number of rotatable bonds is 4. The molecule has 1 saturated carbocycles. The molecule has 5 rings (SSSR count). The van der Waals surface area contributed by atoms with Crippen LogP contribution in [0.5, 0.6) is 0 Å². The standard InChI is InChI=1S/C23H27N5O3/c1-26-23(30)28(18-9-5-6-10-18)20(25-26)16-11-13-27(14-12-16)22(29)19-15-24-21(31-19)17-7-3-2-4-8-17/h2-4,7-8,15-16,18H,5-6,9-14H2,1H3. The second-order valence-corrected chi connectivity index (χ2v) is 8.53. The van der Waals surface area contributed by atoms with Gasteiger partial charge in [0.05, 0.1) is 6.20 Å². The summed E-state index contributed by atoms with van der Waals surface area (Å²) < 4.78 is 9.13. The Kier molecular flexibility index (Phi) is 5.21. The zero-order valence-electron chi connectivity index (χ0n) is 17.7. The topological polar surface area (TPSA) is 86.2 Å². The van der Waals surface area contributed by atoms with Crippen molar-refractivity contribution in [3.63, 3.8) is 0 Å². The minimum Gasteiger partial charge on any atom is -0.431 e. The lowest BCUT2D eigenvalue weighted by Gasteiger charge is -2.31. The van der Waals surface area contributed by atoms with Crippen molar-refractivity contribution in [1.82, 2.24) is 24.2 Å². The smallest absolute Gasteiger partial charge is 0.345 e. The summed E-state index contributed by atoms with van der Waals surface area (Å²) in [7, 11) is 1.73. The first kappa shape index (κ1) is 19.8. The largest absolute Gasteiger partial charge is 0.431 e. The zero-order chi connectivity index (χ0) is 21.4. The van der Waals surface area contributed by atoms with Crippen LogP contribution in [0.2, 0.25) is 0 Å². The number of carbonyl (C=O) groups excluding carboxylic acids is 1. The lowest BCUT2D eigenvalue weighted by Crippen LogP contribution is -2.38. The molecule has 2 fully saturated rings. The van der Waals surface area contributed by atoms with Crippen LogP contribution >= 0.6 is 0 Å². The maximum atomic E-state index is 12.9. The van der Waals surface area contributed by atoms with Gasteiger partial charge in [0.1, 0.15) is 5.82 Å². The molecular weight excluding hydrogens is 394 g/mol. The number of aryl methyl sites for hydroxylation is 1. The van der Waals surface area contributed by atoms with E-state index >= 15 is 0 Å². The van der Waals surface area contributed by atoms with Gasteiger partial charge >= 0.3 is 5.69 Å². The van der Waals surface area contributed by atoms with Gasteiger partial charge in [-0.25, -0.2) is 14.5 Å². The third kappa shape index (κ3) is 3.71. The number of aromatic nitrogens is 4. The highest BCUT2D eigenvalue weighted by molar-refractivity contribution is 5.91. The molecule has 1 aliphatic heterocycles. The molecule has 31 heavy (non-hydrogen) atoms. The fourth-order valence-electron chi connectivity index (χ4n) is 4.87. The maximum Gasteiger partial charge on any atom is 0.345 e. The summed E-state index contributed by atoms with van der Waals surface area (Å²) in [5.41, 5.74) is 0.829. The molecule has 2 aromatic heterocycles. The molecule has 0 radical (unpaired) electrons. The van der Waals surface area contributed by atoms with Crippen LogP contribution in [-0.2, 0) is 7.05 Å². The van der Waals surface area contributed by atoms with Gasteiger partial charge in [-0.2, -0.15) is 5.10 Å². The van der Waals surface area contributed by atoms with Crippen molar-refractivity contribution >= 4 is 5.91 Å². The second-order valence-electron chi connectivity index (χ2n) is 8.53. The molecule has 0 spiro atoms. The van der Waals surface area contributed by atoms with Gasteiger partial charge < -0.3 is 9.32 Å². The van der Waals surface area contributed by atoms with E-state index in [0.717, 1.165) is 37.1 Å². The fourth-order valence-corrected chi connectivity index (χ4v) is 4.87. The predicted octanol–water partition coefficient (Wildman–Crippen LogP) is 3.37. The van der Waals surface area contributed by atoms with E-state index in [-0.39, 0.29) is 29.3 Å². The molecule has 162 valence electrons. The van der Waals surface area contributed by atoms with Crippen LogP contribution in [0.3, 0.4) is 0 Å². The summed E-state index contributed by atoms with van der Waals surface area (Å²) in [6, 6.07) is 9.83. The normalized spacial score (nSPS) is 18.0. The second kappa shape index (κ2) is 8.17. The van der Waals surface area contributed by atoms with E-state index in [9.17, 15) is 9.59 Å². The molecule has 1 saturated heterocycles. The van der Waals surface area contributed by atoms with Crippen molar-refractivity contribution in [3.8, 4) is 11.5 Å². The quantitative estimate of drug-likeness (QED) is 0.645. The number of oxazole rings is 1. The number of hydrogen-bond donors (Lipinski definition) is 0. The Balaban J connectivity index is 1.28. The lowest BCUT2D eigenvalue weighted by molar-refractivity contribution is 0.0678. The van der Waals surface area contributed by atoms with Gasteiger partial charge in [-0.15, -0.1) is 0 Å². The molecule has 8 heteroatoms. The minimum absolute atomic E-state index is 0.0180. The Morgan fingerprint density at radius 1 is 1.06 bits per heavy atom. The van der Waals surface area contributed by atoms with Crippen molar-refractivity contribution in [3.05, 3.63) is 58.6 Å². The van der Waals surface area contributed by atoms with Gasteiger partial charge in [0.2, 0.25) is 11.7 Å². The first-order valence-electron chi connectivity index (χ1n) is 11.1. The number of nitrogens with zero attached hydrogens (tertiary/aromatic N) is 5. The van der Waals surface area contributed by atoms with Crippen LogP contribution in [0.15, 0.2) is 45.7 Å². The van der Waals surface area contributed by atoms with E-state index in [1.54, 1.807) is 7.05 Å². The number of hydrogen-bond acceptors (Lipinski definition) is 5. The summed E-state index contributed by atoms with van der Waals surface area (Å²) in [5.74, 6) is 1.65. The minimum atomic E-state index is -0.137. The van der Waals surface area contributed by atoms with E-state index in [1.165, 1.54) is 23.7 Å². The SMILES string of the molecule is Cn1nc(C2CCN(C(=O)c3cnc(-c4ccccc4)o3)CC2)n(C2CCCC2)c1=O. The molecule has 3 heterocycles. The number of carbonyl (C=O) groups is 1. The summed E-state index contributed by atoms with van der Waals surface area (Å²) >= 11 is 0. The number of amides is 1. The molecule has 1 aliphatic carbocycles. The van der Waals surface area contributed by atoms with Crippen LogP contribution in [0.25, 0.3) is 11.5 Å². The highest BCUT2D eigenvalue weighted by Crippen LogP contribution is 2.34. The van der Waals surface area contributed by atoms with Gasteiger partial charge in [-0.1, -0.05) is 31.0 Å². The molecule has 0 unspecified atom stereocenters. The maximum absolute atomic E-state index is 12.9. The zero-order valence-corrected chi connectivity index (χ0v) is 17.7. The van der Waals surface area contributed by atoms with E-state index in [4.69, 9.17) is 4.42 Å². The van der Waals surface area contributed by atoms with Gasteiger partial charge in [-0.05, 0) is 37.8 Å². The summed E-state index contributed by atoms with van der Waals surface area (Å²) in [6.45, 7) is 1.22. The Labute approximate surface area is 180 Å². The van der Waals surface area contributed by atoms with Crippen molar-refractivity contribution in [2.75, 3.05) is 13.1 Å². The highest BCUT2D eigenvalue weighted by Gasteiger charge is 2.32.